The Bertz CT molecular complexity index is 1390. The highest BCUT2D eigenvalue weighted by atomic mass is 16.5. The van der Waals surface area contributed by atoms with Crippen LogP contribution in [-0.2, 0) is 9.53 Å². The minimum absolute atomic E-state index is 0.112. The number of piperidine rings is 3. The quantitative estimate of drug-likeness (QED) is 0.387. The van der Waals surface area contributed by atoms with Crippen LogP contribution in [0.2, 0.25) is 0 Å². The van der Waals surface area contributed by atoms with Gasteiger partial charge in [-0.25, -0.2) is 4.79 Å². The van der Waals surface area contributed by atoms with Crippen LogP contribution in [0, 0.1) is 5.92 Å². The molecule has 3 heterocycles. The zero-order valence-electron chi connectivity index (χ0n) is 21.1. The Morgan fingerprint density at radius 1 is 0.946 bits per heavy atom. The standard InChI is InChI=1S/C30H31N3O4/c1-19(22-8-7-20-5-3-4-6-23(20)16-22)15-28(34)31-26-17-24(9-10-25(26)30(36)37-2)29(35)32-27-18-33-13-11-21(27)12-14-33/h3-10,15-17,21,27H,11-14,18H2,1-2H3,(H,31,34)(H,32,35)/t27-/m0/s1. The zero-order valence-corrected chi connectivity index (χ0v) is 21.1. The van der Waals surface area contributed by atoms with Crippen LogP contribution in [0.25, 0.3) is 16.3 Å². The van der Waals surface area contributed by atoms with Crippen LogP contribution < -0.4 is 10.6 Å². The first-order chi connectivity index (χ1) is 17.9. The second-order valence-corrected chi connectivity index (χ2v) is 9.85. The predicted molar refractivity (Wildman–Crippen MR) is 144 cm³/mol. The number of amides is 2. The number of nitrogens with one attached hydrogen (secondary N) is 2. The molecule has 3 aromatic carbocycles. The monoisotopic (exact) mass is 497 g/mol. The molecule has 7 nitrogen and oxygen atoms in total. The molecule has 2 amide bonds. The summed E-state index contributed by atoms with van der Waals surface area (Å²) in [7, 11) is 1.28. The maximum Gasteiger partial charge on any atom is 0.339 e. The van der Waals surface area contributed by atoms with E-state index in [1.807, 2.05) is 49.4 Å². The number of esters is 1. The molecule has 0 radical (unpaired) electrons. The van der Waals surface area contributed by atoms with Crippen LogP contribution in [0.1, 0.15) is 46.0 Å². The van der Waals surface area contributed by atoms with E-state index in [4.69, 9.17) is 4.74 Å². The van der Waals surface area contributed by atoms with Gasteiger partial charge in [0.25, 0.3) is 5.91 Å². The largest absolute Gasteiger partial charge is 0.465 e. The van der Waals surface area contributed by atoms with E-state index in [9.17, 15) is 14.4 Å². The highest BCUT2D eigenvalue weighted by molar-refractivity contribution is 6.09. The summed E-state index contributed by atoms with van der Waals surface area (Å²) in [6, 6.07) is 18.8. The Morgan fingerprint density at radius 3 is 2.38 bits per heavy atom. The third kappa shape index (κ3) is 5.42. The molecule has 1 atom stereocenters. The van der Waals surface area contributed by atoms with Crippen molar-refractivity contribution >= 4 is 39.8 Å². The van der Waals surface area contributed by atoms with Gasteiger partial charge >= 0.3 is 5.97 Å². The second kappa shape index (κ2) is 10.6. The van der Waals surface area contributed by atoms with Gasteiger partial charge in [0, 0.05) is 24.2 Å². The molecule has 7 heteroatoms. The first-order valence-corrected chi connectivity index (χ1v) is 12.7. The van der Waals surface area contributed by atoms with E-state index in [-0.39, 0.29) is 23.2 Å². The minimum atomic E-state index is -0.588. The smallest absolute Gasteiger partial charge is 0.339 e. The summed E-state index contributed by atoms with van der Waals surface area (Å²) in [6.07, 6.45) is 3.68. The van der Waals surface area contributed by atoms with Gasteiger partial charge in [0.1, 0.15) is 0 Å². The van der Waals surface area contributed by atoms with E-state index in [2.05, 4.69) is 15.5 Å². The lowest BCUT2D eigenvalue weighted by Gasteiger charge is -2.44. The highest BCUT2D eigenvalue weighted by Gasteiger charge is 2.35. The summed E-state index contributed by atoms with van der Waals surface area (Å²) in [5, 5.41) is 8.15. The van der Waals surface area contributed by atoms with Crippen LogP contribution >= 0.6 is 0 Å². The van der Waals surface area contributed by atoms with Gasteiger partial charge < -0.3 is 20.3 Å². The Balaban J connectivity index is 1.35. The number of benzene rings is 3. The van der Waals surface area contributed by atoms with Crippen LogP contribution in [0.4, 0.5) is 5.69 Å². The van der Waals surface area contributed by atoms with E-state index in [1.165, 1.54) is 19.3 Å². The third-order valence-electron chi connectivity index (χ3n) is 7.47. The fraction of sp³-hybridized carbons (Fsp3) is 0.300. The number of rotatable bonds is 6. The SMILES string of the molecule is COC(=O)c1ccc(C(=O)N[C@H]2CN3CCC2CC3)cc1NC(=O)C=C(C)c1ccc2ccccc2c1. The zero-order chi connectivity index (χ0) is 25.9. The molecule has 3 fully saturated rings. The predicted octanol–water partition coefficient (Wildman–Crippen LogP) is 4.49. The summed E-state index contributed by atoms with van der Waals surface area (Å²) >= 11 is 0. The molecular formula is C30H31N3O4. The molecule has 2 N–H and O–H groups in total. The fourth-order valence-corrected chi connectivity index (χ4v) is 5.34. The molecule has 3 aliphatic heterocycles. The number of anilines is 1. The van der Waals surface area contributed by atoms with E-state index >= 15 is 0 Å². The number of ether oxygens (including phenoxy) is 1. The van der Waals surface area contributed by atoms with E-state index in [0.717, 1.165) is 54.4 Å². The van der Waals surface area contributed by atoms with Crippen molar-refractivity contribution in [3.63, 3.8) is 0 Å². The molecule has 0 saturated carbocycles. The van der Waals surface area contributed by atoms with Gasteiger partial charge in [-0.05, 0) is 84.9 Å². The molecule has 6 rings (SSSR count). The summed E-state index contributed by atoms with van der Waals surface area (Å²) in [4.78, 5) is 40.8. The first kappa shape index (κ1) is 24.7. The number of hydrogen-bond donors (Lipinski definition) is 2. The molecule has 0 unspecified atom stereocenters. The van der Waals surface area contributed by atoms with Gasteiger partial charge in [0.15, 0.2) is 0 Å². The molecule has 2 bridgehead atoms. The van der Waals surface area contributed by atoms with E-state index in [0.29, 0.717) is 11.5 Å². The average Bonchev–Trinajstić information content (AvgIpc) is 2.92. The Labute approximate surface area is 216 Å². The Hall–Kier alpha value is -3.97. The van der Waals surface area contributed by atoms with Crippen molar-refractivity contribution < 1.29 is 19.1 Å². The first-order valence-electron chi connectivity index (χ1n) is 12.7. The summed E-state index contributed by atoms with van der Waals surface area (Å²) < 4.78 is 4.89. The van der Waals surface area contributed by atoms with Crippen molar-refractivity contribution in [2.24, 2.45) is 5.92 Å². The number of carbonyl (C=O) groups is 3. The highest BCUT2D eigenvalue weighted by Crippen LogP contribution is 2.28. The number of carbonyl (C=O) groups excluding carboxylic acids is 3. The molecule has 3 aromatic rings. The topological polar surface area (TPSA) is 87.7 Å². The lowest BCUT2D eigenvalue weighted by Crippen LogP contribution is -2.57. The lowest BCUT2D eigenvalue weighted by atomic mass is 9.84. The Morgan fingerprint density at radius 2 is 1.68 bits per heavy atom. The van der Waals surface area contributed by atoms with Crippen molar-refractivity contribution in [2.75, 3.05) is 32.1 Å². The molecule has 3 aliphatic rings. The maximum absolute atomic E-state index is 13.1. The van der Waals surface area contributed by atoms with Gasteiger partial charge in [0.05, 0.1) is 18.4 Å². The third-order valence-corrected chi connectivity index (χ3v) is 7.47. The maximum atomic E-state index is 13.1. The van der Waals surface area contributed by atoms with Gasteiger partial charge in [-0.15, -0.1) is 0 Å². The normalized spacial score (nSPS) is 20.9. The van der Waals surface area contributed by atoms with Crippen molar-refractivity contribution in [2.45, 2.75) is 25.8 Å². The van der Waals surface area contributed by atoms with Gasteiger partial charge in [-0.1, -0.05) is 36.4 Å². The van der Waals surface area contributed by atoms with Crippen LogP contribution in [0.5, 0.6) is 0 Å². The second-order valence-electron chi connectivity index (χ2n) is 9.85. The summed E-state index contributed by atoms with van der Waals surface area (Å²) in [5.41, 5.74) is 2.51. The van der Waals surface area contributed by atoms with Crippen LogP contribution in [0.15, 0.2) is 66.7 Å². The van der Waals surface area contributed by atoms with Crippen molar-refractivity contribution in [3.8, 4) is 0 Å². The number of fused-ring (bicyclic) bond motifs is 4. The van der Waals surface area contributed by atoms with Crippen LogP contribution in [0.3, 0.4) is 0 Å². The van der Waals surface area contributed by atoms with Gasteiger partial charge in [-0.3, -0.25) is 9.59 Å². The molecule has 37 heavy (non-hydrogen) atoms. The number of hydrogen-bond acceptors (Lipinski definition) is 5. The minimum Gasteiger partial charge on any atom is -0.465 e. The molecule has 0 spiro atoms. The summed E-state index contributed by atoms with van der Waals surface area (Å²) in [5.74, 6) is -0.708. The lowest BCUT2D eigenvalue weighted by molar-refractivity contribution is -0.111. The van der Waals surface area contributed by atoms with Gasteiger partial charge in [-0.2, -0.15) is 0 Å². The molecule has 0 aliphatic carbocycles. The van der Waals surface area contributed by atoms with Crippen molar-refractivity contribution in [1.29, 1.82) is 0 Å². The van der Waals surface area contributed by atoms with E-state index in [1.54, 1.807) is 12.1 Å². The van der Waals surface area contributed by atoms with Gasteiger partial charge in [0.2, 0.25) is 5.91 Å². The molecule has 3 saturated heterocycles. The fourth-order valence-electron chi connectivity index (χ4n) is 5.34. The summed E-state index contributed by atoms with van der Waals surface area (Å²) in [6.45, 7) is 4.90. The van der Waals surface area contributed by atoms with E-state index < -0.39 is 11.9 Å². The number of allylic oxidation sites excluding steroid dienone is 1. The van der Waals surface area contributed by atoms with Crippen molar-refractivity contribution in [3.05, 3.63) is 83.4 Å². The molecule has 190 valence electrons. The average molecular weight is 498 g/mol. The van der Waals surface area contributed by atoms with Crippen LogP contribution in [-0.4, -0.2) is 55.5 Å². The molecular weight excluding hydrogens is 466 g/mol. The van der Waals surface area contributed by atoms with Crippen molar-refractivity contribution in [1.82, 2.24) is 10.2 Å². The molecule has 0 aromatic heterocycles. The number of nitrogens with zero attached hydrogens (tertiary/aromatic N) is 1. The number of methoxy groups -OCH3 is 1. The Kier molecular flexibility index (Phi) is 7.06.